The van der Waals surface area contributed by atoms with E-state index in [1.165, 1.54) is 11.6 Å². The van der Waals surface area contributed by atoms with E-state index in [0.717, 1.165) is 20.7 Å². The number of nitrogens with zero attached hydrogens (tertiary/aromatic N) is 3. The van der Waals surface area contributed by atoms with Crippen molar-refractivity contribution in [3.05, 3.63) is 56.2 Å². The van der Waals surface area contributed by atoms with Crippen molar-refractivity contribution in [1.82, 2.24) is 9.13 Å². The van der Waals surface area contributed by atoms with Gasteiger partial charge >= 0.3 is 5.69 Å². The van der Waals surface area contributed by atoms with Gasteiger partial charge in [0.05, 0.1) is 7.05 Å². The number of nitrogen functional groups attached to an aromatic ring is 1. The molecule has 0 bridgehead atoms. The first-order chi connectivity index (χ1) is 13.2. The van der Waals surface area contributed by atoms with Crippen molar-refractivity contribution in [1.29, 1.82) is 0 Å². The van der Waals surface area contributed by atoms with Gasteiger partial charge in [-0.1, -0.05) is 19.1 Å². The fraction of sp³-hybridized carbons (Fsp3) is 0.450. The molecule has 1 heterocycles. The van der Waals surface area contributed by atoms with Gasteiger partial charge in [-0.05, 0) is 18.6 Å². The molecule has 0 aliphatic carbocycles. The minimum absolute atomic E-state index is 0.0388. The second-order valence-corrected chi connectivity index (χ2v) is 7.35. The maximum Gasteiger partial charge on any atom is 0.332 e. The van der Waals surface area contributed by atoms with Crippen LogP contribution in [0.1, 0.15) is 29.3 Å². The van der Waals surface area contributed by atoms with Gasteiger partial charge in [0.1, 0.15) is 24.5 Å². The summed E-state index contributed by atoms with van der Waals surface area (Å²) in [5, 5.41) is 0. The SMILES string of the molecule is CCCn1c(N)c(C(=O)C[NH+](C)Cc2ccc(N(C)C)cc2)c(=O)n(C)c1=O. The molecule has 2 aromatic rings. The lowest BCUT2D eigenvalue weighted by molar-refractivity contribution is -0.884. The van der Waals surface area contributed by atoms with Crippen LogP contribution in [-0.2, 0) is 20.1 Å². The zero-order chi connectivity index (χ0) is 21.0. The molecule has 1 unspecified atom stereocenters. The van der Waals surface area contributed by atoms with Crippen molar-refractivity contribution in [2.45, 2.75) is 26.4 Å². The van der Waals surface area contributed by atoms with Crippen molar-refractivity contribution < 1.29 is 9.69 Å². The van der Waals surface area contributed by atoms with Crippen molar-refractivity contribution >= 4 is 17.3 Å². The van der Waals surface area contributed by atoms with Gasteiger partial charge < -0.3 is 15.5 Å². The van der Waals surface area contributed by atoms with Gasteiger partial charge in [-0.25, -0.2) is 4.79 Å². The second kappa shape index (κ2) is 8.88. The molecule has 1 aromatic heterocycles. The number of nitrogens with one attached hydrogen (secondary N) is 1. The van der Waals surface area contributed by atoms with Crippen LogP contribution in [0.25, 0.3) is 0 Å². The van der Waals surface area contributed by atoms with E-state index in [1.807, 2.05) is 57.2 Å². The predicted octanol–water partition coefficient (Wildman–Crippen LogP) is -0.497. The molecule has 0 amide bonds. The Morgan fingerprint density at radius 3 is 2.32 bits per heavy atom. The first-order valence-corrected chi connectivity index (χ1v) is 9.37. The van der Waals surface area contributed by atoms with Crippen LogP contribution in [-0.4, -0.2) is 42.6 Å². The smallest absolute Gasteiger partial charge is 0.332 e. The van der Waals surface area contributed by atoms with Crippen LogP contribution in [0.4, 0.5) is 11.5 Å². The molecular formula is C20H30N5O3+. The van der Waals surface area contributed by atoms with Crippen LogP contribution in [0, 0.1) is 0 Å². The topological polar surface area (TPSA) is 94.8 Å². The number of rotatable bonds is 8. The molecule has 2 rings (SSSR count). The molecular weight excluding hydrogens is 358 g/mol. The van der Waals surface area contributed by atoms with E-state index in [9.17, 15) is 14.4 Å². The lowest BCUT2D eigenvalue weighted by Crippen LogP contribution is -3.08. The van der Waals surface area contributed by atoms with Gasteiger partial charge in [-0.2, -0.15) is 0 Å². The third-order valence-corrected chi connectivity index (χ3v) is 4.73. The monoisotopic (exact) mass is 388 g/mol. The van der Waals surface area contributed by atoms with Gasteiger partial charge in [0, 0.05) is 38.9 Å². The highest BCUT2D eigenvalue weighted by molar-refractivity contribution is 6.00. The molecule has 0 saturated heterocycles. The minimum Gasteiger partial charge on any atom is -0.384 e. The largest absolute Gasteiger partial charge is 0.384 e. The van der Waals surface area contributed by atoms with E-state index in [4.69, 9.17) is 5.73 Å². The normalized spacial score (nSPS) is 12.0. The molecule has 152 valence electrons. The van der Waals surface area contributed by atoms with Crippen LogP contribution in [0.5, 0.6) is 0 Å². The molecule has 3 N–H and O–H groups in total. The number of likely N-dealkylation sites (N-methyl/N-ethyl adjacent to an activating group) is 1. The van der Waals surface area contributed by atoms with Crippen LogP contribution in [0.15, 0.2) is 33.9 Å². The van der Waals surface area contributed by atoms with Crippen LogP contribution in [0.2, 0.25) is 0 Å². The average molecular weight is 388 g/mol. The maximum absolute atomic E-state index is 12.8. The van der Waals surface area contributed by atoms with Gasteiger partial charge in [-0.15, -0.1) is 0 Å². The summed E-state index contributed by atoms with van der Waals surface area (Å²) in [5.74, 6) is -0.395. The Morgan fingerprint density at radius 2 is 1.79 bits per heavy atom. The molecule has 0 fully saturated rings. The number of carbonyl (C=O) groups is 1. The van der Waals surface area contributed by atoms with Crippen molar-refractivity contribution in [2.24, 2.45) is 7.05 Å². The van der Waals surface area contributed by atoms with Gasteiger partial charge in [0.15, 0.2) is 0 Å². The molecule has 0 aliphatic heterocycles. The molecule has 0 spiro atoms. The Labute approximate surface area is 164 Å². The predicted molar refractivity (Wildman–Crippen MR) is 111 cm³/mol. The number of quaternary nitrogens is 1. The summed E-state index contributed by atoms with van der Waals surface area (Å²) in [6.07, 6.45) is 0.671. The van der Waals surface area contributed by atoms with E-state index < -0.39 is 11.2 Å². The van der Waals surface area contributed by atoms with Crippen LogP contribution in [0.3, 0.4) is 0 Å². The number of hydrogen-bond donors (Lipinski definition) is 2. The Morgan fingerprint density at radius 1 is 1.18 bits per heavy atom. The van der Waals surface area contributed by atoms with Crippen LogP contribution < -0.4 is 26.8 Å². The highest BCUT2D eigenvalue weighted by Crippen LogP contribution is 2.11. The molecule has 0 saturated carbocycles. The Bertz CT molecular complexity index is 958. The molecule has 1 aromatic carbocycles. The Balaban J connectivity index is 2.22. The minimum atomic E-state index is -0.636. The maximum atomic E-state index is 12.8. The van der Waals surface area contributed by atoms with E-state index >= 15 is 0 Å². The van der Waals surface area contributed by atoms with Crippen molar-refractivity contribution in [3.63, 3.8) is 0 Å². The van der Waals surface area contributed by atoms with Crippen molar-refractivity contribution in [2.75, 3.05) is 38.3 Å². The van der Waals surface area contributed by atoms with E-state index in [-0.39, 0.29) is 23.7 Å². The standard InChI is InChI=1S/C20H29N5O3/c1-6-11-25-18(21)17(19(27)24(5)20(25)28)16(26)13-23(4)12-14-7-9-15(10-8-14)22(2)3/h7-10H,6,11-13,21H2,1-5H3/p+1. The van der Waals surface area contributed by atoms with Gasteiger partial charge in [-0.3, -0.25) is 18.7 Å². The number of Topliss-reactive ketones (excluding diaryl/α,β-unsaturated/α-hetero) is 1. The zero-order valence-electron chi connectivity index (χ0n) is 17.3. The van der Waals surface area contributed by atoms with E-state index in [0.29, 0.717) is 19.5 Å². The quantitative estimate of drug-likeness (QED) is 0.595. The number of hydrogen-bond acceptors (Lipinski definition) is 5. The molecule has 0 aliphatic rings. The first kappa shape index (κ1) is 21.4. The molecule has 28 heavy (non-hydrogen) atoms. The summed E-state index contributed by atoms with van der Waals surface area (Å²) in [4.78, 5) is 40.5. The Hall–Kier alpha value is -2.87. The van der Waals surface area contributed by atoms with Gasteiger partial charge in [0.2, 0.25) is 5.78 Å². The fourth-order valence-electron chi connectivity index (χ4n) is 3.17. The summed E-state index contributed by atoms with van der Waals surface area (Å²) in [5.41, 5.74) is 6.99. The lowest BCUT2D eigenvalue weighted by Gasteiger charge is -2.17. The summed E-state index contributed by atoms with van der Waals surface area (Å²) < 4.78 is 2.25. The summed E-state index contributed by atoms with van der Waals surface area (Å²) in [6, 6.07) is 8.11. The zero-order valence-corrected chi connectivity index (χ0v) is 17.3. The number of aromatic nitrogens is 2. The van der Waals surface area contributed by atoms with E-state index in [1.54, 1.807) is 0 Å². The summed E-state index contributed by atoms with van der Waals surface area (Å²) in [6.45, 7) is 3.01. The van der Waals surface area contributed by atoms with Crippen molar-refractivity contribution in [3.8, 4) is 0 Å². The third-order valence-electron chi connectivity index (χ3n) is 4.73. The molecule has 8 heteroatoms. The number of ketones is 1. The number of carbonyl (C=O) groups excluding carboxylic acids is 1. The third kappa shape index (κ3) is 4.51. The van der Waals surface area contributed by atoms with E-state index in [2.05, 4.69) is 0 Å². The van der Waals surface area contributed by atoms with Crippen LogP contribution >= 0.6 is 0 Å². The molecule has 1 atom stereocenters. The Kier molecular flexibility index (Phi) is 6.80. The highest BCUT2D eigenvalue weighted by Gasteiger charge is 2.23. The van der Waals surface area contributed by atoms with Gasteiger partial charge in [0.25, 0.3) is 5.56 Å². The summed E-state index contributed by atoms with van der Waals surface area (Å²) in [7, 11) is 7.22. The lowest BCUT2D eigenvalue weighted by atomic mass is 10.1. The molecule has 0 radical (unpaired) electrons. The molecule has 8 nitrogen and oxygen atoms in total. The fourth-order valence-corrected chi connectivity index (χ4v) is 3.17. The number of anilines is 2. The highest BCUT2D eigenvalue weighted by atomic mass is 16.2. The summed E-state index contributed by atoms with van der Waals surface area (Å²) >= 11 is 0. The first-order valence-electron chi connectivity index (χ1n) is 9.37. The number of nitrogens with two attached hydrogens (primary N) is 1. The second-order valence-electron chi connectivity index (χ2n) is 7.35. The number of benzene rings is 1. The average Bonchev–Trinajstić information content (AvgIpc) is 2.64.